The number of fused-ring (bicyclic) bond motifs is 1. The lowest BCUT2D eigenvalue weighted by atomic mass is 10.0. The van der Waals surface area contributed by atoms with Gasteiger partial charge in [-0.1, -0.05) is 12.1 Å². The van der Waals surface area contributed by atoms with Gasteiger partial charge in [0.1, 0.15) is 12.3 Å². The van der Waals surface area contributed by atoms with Gasteiger partial charge in [0.05, 0.1) is 17.4 Å². The molecule has 0 radical (unpaired) electrons. The molecule has 1 saturated heterocycles. The van der Waals surface area contributed by atoms with Crippen molar-refractivity contribution in [2.75, 3.05) is 18.0 Å². The lowest BCUT2D eigenvalue weighted by Crippen LogP contribution is -2.49. The first-order chi connectivity index (χ1) is 13.0. The van der Waals surface area contributed by atoms with E-state index in [1.54, 1.807) is 11.8 Å². The van der Waals surface area contributed by atoms with E-state index < -0.39 is 6.10 Å². The first kappa shape index (κ1) is 17.6. The fourth-order valence-electron chi connectivity index (χ4n) is 4.16. The number of anilines is 1. The molecule has 2 aromatic rings. The number of nitrogens with one attached hydrogen (secondary N) is 1. The van der Waals surface area contributed by atoms with Crippen molar-refractivity contribution in [1.82, 2.24) is 15.1 Å². The van der Waals surface area contributed by atoms with Crippen LogP contribution in [0, 0.1) is 13.8 Å². The summed E-state index contributed by atoms with van der Waals surface area (Å²) in [6.07, 6.45) is 1.27. The molecule has 0 bridgehead atoms. The van der Waals surface area contributed by atoms with Crippen LogP contribution in [0.3, 0.4) is 0 Å². The van der Waals surface area contributed by atoms with E-state index in [-0.39, 0.29) is 24.4 Å². The van der Waals surface area contributed by atoms with Gasteiger partial charge in [0.2, 0.25) is 5.91 Å². The van der Waals surface area contributed by atoms with Gasteiger partial charge in [-0.15, -0.1) is 0 Å². The Kier molecular flexibility index (Phi) is 4.37. The lowest BCUT2D eigenvalue weighted by Gasteiger charge is -2.34. The standard InChI is InChI=1S/C20H24N4O3/c1-12-19(13(2)22-21-12)16-8-6-10-23(16)18(25)11-24-15-7-4-5-9-17(15)27-14(3)20(24)26/h4-5,7,9,14,16H,6,8,10-11H2,1-3H3,(H,21,22). The third-order valence-electron chi connectivity index (χ3n) is 5.46. The Labute approximate surface area is 158 Å². The van der Waals surface area contributed by atoms with Gasteiger partial charge in [0.15, 0.2) is 6.10 Å². The minimum atomic E-state index is -0.597. The molecule has 3 heterocycles. The number of benzene rings is 1. The zero-order valence-corrected chi connectivity index (χ0v) is 15.9. The molecule has 1 N–H and O–H groups in total. The maximum Gasteiger partial charge on any atom is 0.268 e. The predicted octanol–water partition coefficient (Wildman–Crippen LogP) is 2.50. The second-order valence-corrected chi connectivity index (χ2v) is 7.25. The van der Waals surface area contributed by atoms with Crippen LogP contribution in [-0.4, -0.2) is 46.1 Å². The number of rotatable bonds is 3. The molecule has 2 unspecified atom stereocenters. The van der Waals surface area contributed by atoms with Crippen LogP contribution in [0.1, 0.15) is 42.8 Å². The molecule has 2 aliphatic rings. The van der Waals surface area contributed by atoms with Crippen LogP contribution in [0.15, 0.2) is 24.3 Å². The SMILES string of the molecule is Cc1n[nH]c(C)c1C1CCCN1C(=O)CN1C(=O)C(C)Oc2ccccc21. The number of carbonyl (C=O) groups is 2. The van der Waals surface area contributed by atoms with Gasteiger partial charge in [-0.25, -0.2) is 0 Å². The topological polar surface area (TPSA) is 78.5 Å². The Balaban J connectivity index is 1.59. The van der Waals surface area contributed by atoms with Gasteiger partial charge in [-0.2, -0.15) is 5.10 Å². The van der Waals surface area contributed by atoms with Gasteiger partial charge in [0.25, 0.3) is 5.91 Å². The van der Waals surface area contributed by atoms with E-state index in [9.17, 15) is 9.59 Å². The van der Waals surface area contributed by atoms with Gasteiger partial charge in [-0.3, -0.25) is 19.6 Å². The number of amides is 2. The Bertz CT molecular complexity index is 872. The Morgan fingerprint density at radius 1 is 1.33 bits per heavy atom. The highest BCUT2D eigenvalue weighted by Crippen LogP contribution is 2.37. The number of para-hydroxylation sites is 2. The highest BCUT2D eigenvalue weighted by molar-refractivity contribution is 6.03. The van der Waals surface area contributed by atoms with Crippen LogP contribution < -0.4 is 9.64 Å². The third-order valence-corrected chi connectivity index (χ3v) is 5.46. The number of aryl methyl sites for hydroxylation is 2. The smallest absolute Gasteiger partial charge is 0.268 e. The number of aromatic nitrogens is 2. The molecule has 2 amide bonds. The zero-order valence-electron chi connectivity index (χ0n) is 15.9. The zero-order chi connectivity index (χ0) is 19.1. The first-order valence-corrected chi connectivity index (χ1v) is 9.35. The van der Waals surface area contributed by atoms with Crippen LogP contribution in [-0.2, 0) is 9.59 Å². The molecule has 2 aliphatic heterocycles. The van der Waals surface area contributed by atoms with E-state index in [1.807, 2.05) is 43.0 Å². The molecule has 7 nitrogen and oxygen atoms in total. The van der Waals surface area contributed by atoms with E-state index in [0.717, 1.165) is 29.8 Å². The molecule has 1 fully saturated rings. The molecule has 0 aliphatic carbocycles. The van der Waals surface area contributed by atoms with Crippen LogP contribution in [0.4, 0.5) is 5.69 Å². The summed E-state index contributed by atoms with van der Waals surface area (Å²) >= 11 is 0. The number of likely N-dealkylation sites (tertiary alicyclic amines) is 1. The molecular weight excluding hydrogens is 344 g/mol. The van der Waals surface area contributed by atoms with Crippen molar-refractivity contribution in [3.8, 4) is 5.75 Å². The van der Waals surface area contributed by atoms with Crippen molar-refractivity contribution >= 4 is 17.5 Å². The summed E-state index contributed by atoms with van der Waals surface area (Å²) in [5, 5.41) is 7.29. The monoisotopic (exact) mass is 368 g/mol. The molecule has 27 heavy (non-hydrogen) atoms. The second-order valence-electron chi connectivity index (χ2n) is 7.25. The number of nitrogens with zero attached hydrogens (tertiary/aromatic N) is 3. The van der Waals surface area contributed by atoms with Crippen molar-refractivity contribution in [2.45, 2.75) is 45.8 Å². The summed E-state index contributed by atoms with van der Waals surface area (Å²) in [4.78, 5) is 29.3. The van der Waals surface area contributed by atoms with E-state index in [4.69, 9.17) is 4.74 Å². The lowest BCUT2D eigenvalue weighted by molar-refractivity contribution is -0.133. The minimum Gasteiger partial charge on any atom is -0.479 e. The second kappa shape index (κ2) is 6.72. The number of hydrogen-bond donors (Lipinski definition) is 1. The predicted molar refractivity (Wildman–Crippen MR) is 101 cm³/mol. The van der Waals surface area contributed by atoms with Crippen molar-refractivity contribution in [3.05, 3.63) is 41.2 Å². The number of ether oxygens (including phenoxy) is 1. The summed E-state index contributed by atoms with van der Waals surface area (Å²) < 4.78 is 5.66. The number of carbonyl (C=O) groups excluding carboxylic acids is 2. The van der Waals surface area contributed by atoms with Gasteiger partial charge < -0.3 is 9.64 Å². The maximum absolute atomic E-state index is 13.2. The van der Waals surface area contributed by atoms with E-state index in [1.165, 1.54) is 0 Å². The molecule has 1 aromatic carbocycles. The van der Waals surface area contributed by atoms with E-state index in [0.29, 0.717) is 18.0 Å². The van der Waals surface area contributed by atoms with Crippen molar-refractivity contribution in [2.24, 2.45) is 0 Å². The summed E-state index contributed by atoms with van der Waals surface area (Å²) in [7, 11) is 0. The van der Waals surface area contributed by atoms with E-state index >= 15 is 0 Å². The molecular formula is C20H24N4O3. The fourth-order valence-corrected chi connectivity index (χ4v) is 4.16. The largest absolute Gasteiger partial charge is 0.479 e. The number of hydrogen-bond acceptors (Lipinski definition) is 4. The Morgan fingerprint density at radius 3 is 2.85 bits per heavy atom. The molecule has 1 aromatic heterocycles. The Hall–Kier alpha value is -2.83. The van der Waals surface area contributed by atoms with Crippen molar-refractivity contribution in [1.29, 1.82) is 0 Å². The summed E-state index contributed by atoms with van der Waals surface area (Å²) in [5.74, 6) is 0.403. The summed E-state index contributed by atoms with van der Waals surface area (Å²) in [6.45, 7) is 6.38. The molecule has 2 atom stereocenters. The Morgan fingerprint density at radius 2 is 2.11 bits per heavy atom. The molecule has 0 spiro atoms. The van der Waals surface area contributed by atoms with Crippen LogP contribution in [0.5, 0.6) is 5.75 Å². The fraction of sp³-hybridized carbons (Fsp3) is 0.450. The van der Waals surface area contributed by atoms with Crippen LogP contribution >= 0.6 is 0 Å². The highest BCUT2D eigenvalue weighted by Gasteiger charge is 2.37. The first-order valence-electron chi connectivity index (χ1n) is 9.35. The van der Waals surface area contributed by atoms with Gasteiger partial charge in [0, 0.05) is 17.8 Å². The molecule has 4 rings (SSSR count). The quantitative estimate of drug-likeness (QED) is 0.903. The maximum atomic E-state index is 13.2. The summed E-state index contributed by atoms with van der Waals surface area (Å²) in [6, 6.07) is 7.37. The molecule has 7 heteroatoms. The summed E-state index contributed by atoms with van der Waals surface area (Å²) in [5.41, 5.74) is 3.68. The highest BCUT2D eigenvalue weighted by atomic mass is 16.5. The van der Waals surface area contributed by atoms with Gasteiger partial charge >= 0.3 is 0 Å². The van der Waals surface area contributed by atoms with Crippen LogP contribution in [0.25, 0.3) is 0 Å². The van der Waals surface area contributed by atoms with Crippen molar-refractivity contribution < 1.29 is 14.3 Å². The number of H-pyrrole nitrogens is 1. The minimum absolute atomic E-state index is 0.0139. The molecule has 142 valence electrons. The van der Waals surface area contributed by atoms with E-state index in [2.05, 4.69) is 10.2 Å². The third kappa shape index (κ3) is 2.97. The normalized spacial score (nSPS) is 22.0. The average molecular weight is 368 g/mol. The molecule has 0 saturated carbocycles. The van der Waals surface area contributed by atoms with Crippen LogP contribution in [0.2, 0.25) is 0 Å². The average Bonchev–Trinajstić information content (AvgIpc) is 3.25. The van der Waals surface area contributed by atoms with Gasteiger partial charge in [-0.05, 0) is 45.7 Å². The van der Waals surface area contributed by atoms with Crippen molar-refractivity contribution in [3.63, 3.8) is 0 Å². The number of aromatic amines is 1.